The number of nitrogens with zero attached hydrogens (tertiary/aromatic N) is 4. The fourth-order valence-corrected chi connectivity index (χ4v) is 2.29. The number of aliphatic imine (C=N–C) groups is 1. The molecule has 1 aromatic carbocycles. The Morgan fingerprint density at radius 1 is 1.37 bits per heavy atom. The molecule has 27 heavy (non-hydrogen) atoms. The number of rotatable bonds is 9. The summed E-state index contributed by atoms with van der Waals surface area (Å²) in [4.78, 5) is 10.9. The molecule has 0 aliphatic carbocycles. The standard InChI is InChI=1S/C19H28FN5O2/c1-5-21-19(22-11-10-17-23-18(14(2)3)24-27-17)25(4)12-13-26-16-9-7-6-8-15(16)20/h6-9,14H,5,10-13H2,1-4H3,(H,21,22). The van der Waals surface area contributed by atoms with E-state index in [0.29, 0.717) is 37.8 Å². The lowest BCUT2D eigenvalue weighted by Gasteiger charge is -2.22. The number of nitrogens with one attached hydrogen (secondary N) is 1. The second-order valence-corrected chi connectivity index (χ2v) is 6.39. The molecule has 0 aliphatic heterocycles. The van der Waals surface area contributed by atoms with Crippen LogP contribution in [0.5, 0.6) is 5.75 Å². The summed E-state index contributed by atoms with van der Waals surface area (Å²) in [6.07, 6.45) is 0.578. The number of guanidine groups is 1. The Morgan fingerprint density at radius 2 is 2.15 bits per heavy atom. The van der Waals surface area contributed by atoms with Crippen LogP contribution in [0.15, 0.2) is 33.8 Å². The molecule has 0 aliphatic rings. The monoisotopic (exact) mass is 377 g/mol. The first-order chi connectivity index (χ1) is 13.0. The van der Waals surface area contributed by atoms with Crippen LogP contribution >= 0.6 is 0 Å². The van der Waals surface area contributed by atoms with Gasteiger partial charge in [-0.05, 0) is 19.1 Å². The molecule has 0 bridgehead atoms. The fraction of sp³-hybridized carbons (Fsp3) is 0.526. The molecule has 0 saturated carbocycles. The molecular weight excluding hydrogens is 349 g/mol. The van der Waals surface area contributed by atoms with Gasteiger partial charge in [0.05, 0.1) is 13.1 Å². The van der Waals surface area contributed by atoms with E-state index in [9.17, 15) is 4.39 Å². The second-order valence-electron chi connectivity index (χ2n) is 6.39. The van der Waals surface area contributed by atoms with Crippen molar-refractivity contribution in [2.45, 2.75) is 33.1 Å². The lowest BCUT2D eigenvalue weighted by Crippen LogP contribution is -2.41. The highest BCUT2D eigenvalue weighted by Gasteiger charge is 2.10. The molecule has 0 atom stereocenters. The zero-order chi connectivity index (χ0) is 19.6. The highest BCUT2D eigenvalue weighted by Crippen LogP contribution is 2.15. The van der Waals surface area contributed by atoms with Gasteiger partial charge >= 0.3 is 0 Å². The minimum absolute atomic E-state index is 0.240. The lowest BCUT2D eigenvalue weighted by atomic mass is 10.2. The van der Waals surface area contributed by atoms with Crippen LogP contribution in [0.3, 0.4) is 0 Å². The molecule has 0 fully saturated rings. The number of para-hydroxylation sites is 1. The predicted octanol–water partition coefficient (Wildman–Crippen LogP) is 2.85. The first kappa shape index (κ1) is 20.7. The maximum atomic E-state index is 13.6. The Kier molecular flexibility index (Phi) is 8.03. The summed E-state index contributed by atoms with van der Waals surface area (Å²) in [7, 11) is 1.91. The zero-order valence-corrected chi connectivity index (χ0v) is 16.4. The first-order valence-corrected chi connectivity index (χ1v) is 9.20. The van der Waals surface area contributed by atoms with Gasteiger partial charge in [0.1, 0.15) is 6.61 Å². The van der Waals surface area contributed by atoms with Gasteiger partial charge in [-0.25, -0.2) is 4.39 Å². The van der Waals surface area contributed by atoms with Crippen LogP contribution in [0.1, 0.15) is 38.4 Å². The highest BCUT2D eigenvalue weighted by atomic mass is 19.1. The van der Waals surface area contributed by atoms with E-state index in [1.165, 1.54) is 6.07 Å². The molecule has 0 radical (unpaired) electrons. The zero-order valence-electron chi connectivity index (χ0n) is 16.4. The Bertz CT molecular complexity index is 732. The van der Waals surface area contributed by atoms with E-state index in [2.05, 4.69) is 20.4 Å². The van der Waals surface area contributed by atoms with E-state index in [1.807, 2.05) is 32.7 Å². The van der Waals surface area contributed by atoms with Gasteiger partial charge in [0.2, 0.25) is 5.89 Å². The van der Waals surface area contributed by atoms with Gasteiger partial charge in [0.15, 0.2) is 23.4 Å². The molecule has 148 valence electrons. The molecule has 0 amide bonds. The van der Waals surface area contributed by atoms with Crippen molar-refractivity contribution in [1.82, 2.24) is 20.4 Å². The molecule has 2 rings (SSSR count). The van der Waals surface area contributed by atoms with Crippen molar-refractivity contribution in [2.75, 3.05) is 33.3 Å². The Hall–Kier alpha value is -2.64. The Morgan fingerprint density at radius 3 is 2.81 bits per heavy atom. The summed E-state index contributed by atoms with van der Waals surface area (Å²) in [5.41, 5.74) is 0. The van der Waals surface area contributed by atoms with Crippen LogP contribution in [0.25, 0.3) is 0 Å². The number of hydrogen-bond acceptors (Lipinski definition) is 5. The van der Waals surface area contributed by atoms with Crippen LogP contribution < -0.4 is 10.1 Å². The molecular formula is C19H28FN5O2. The highest BCUT2D eigenvalue weighted by molar-refractivity contribution is 5.79. The van der Waals surface area contributed by atoms with Gasteiger partial charge < -0.3 is 19.5 Å². The molecule has 1 N–H and O–H groups in total. The van der Waals surface area contributed by atoms with Gasteiger partial charge in [0, 0.05) is 25.9 Å². The SMILES string of the molecule is CCNC(=NCCc1nc(C(C)C)no1)N(C)CCOc1ccccc1F. The van der Waals surface area contributed by atoms with Gasteiger partial charge in [-0.3, -0.25) is 4.99 Å². The Balaban J connectivity index is 1.84. The third-order valence-corrected chi connectivity index (χ3v) is 3.80. The lowest BCUT2D eigenvalue weighted by molar-refractivity contribution is 0.270. The first-order valence-electron chi connectivity index (χ1n) is 9.20. The molecule has 1 aromatic heterocycles. The van der Waals surface area contributed by atoms with Crippen LogP contribution in [0.4, 0.5) is 4.39 Å². The van der Waals surface area contributed by atoms with Crippen LogP contribution in [0.2, 0.25) is 0 Å². The van der Waals surface area contributed by atoms with E-state index in [1.54, 1.807) is 18.2 Å². The summed E-state index contributed by atoms with van der Waals surface area (Å²) in [5, 5.41) is 7.19. The van der Waals surface area contributed by atoms with E-state index in [-0.39, 0.29) is 17.5 Å². The number of aromatic nitrogens is 2. The van der Waals surface area contributed by atoms with Gasteiger partial charge in [0.25, 0.3) is 0 Å². The predicted molar refractivity (Wildman–Crippen MR) is 103 cm³/mol. The van der Waals surface area contributed by atoms with E-state index in [0.717, 1.165) is 12.5 Å². The van der Waals surface area contributed by atoms with E-state index in [4.69, 9.17) is 9.26 Å². The largest absolute Gasteiger partial charge is 0.489 e. The number of likely N-dealkylation sites (N-methyl/N-ethyl adjacent to an activating group) is 1. The van der Waals surface area contributed by atoms with Gasteiger partial charge in [-0.15, -0.1) is 0 Å². The molecule has 1 heterocycles. The summed E-state index contributed by atoms with van der Waals surface area (Å²) < 4.78 is 24.3. The third-order valence-electron chi connectivity index (χ3n) is 3.80. The number of halogens is 1. The van der Waals surface area contributed by atoms with Crippen LogP contribution in [-0.4, -0.2) is 54.3 Å². The van der Waals surface area contributed by atoms with Gasteiger partial charge in [-0.2, -0.15) is 4.98 Å². The maximum absolute atomic E-state index is 13.6. The summed E-state index contributed by atoms with van der Waals surface area (Å²) >= 11 is 0. The van der Waals surface area contributed by atoms with E-state index < -0.39 is 0 Å². The molecule has 2 aromatic rings. The molecule has 8 heteroatoms. The minimum Gasteiger partial charge on any atom is -0.489 e. The molecule has 0 unspecified atom stereocenters. The summed E-state index contributed by atoms with van der Waals surface area (Å²) in [6, 6.07) is 6.38. The number of ether oxygens (including phenoxy) is 1. The van der Waals surface area contributed by atoms with Crippen molar-refractivity contribution in [3.05, 3.63) is 41.8 Å². The number of hydrogen-bond donors (Lipinski definition) is 1. The normalized spacial score (nSPS) is 11.7. The summed E-state index contributed by atoms with van der Waals surface area (Å²) in [6.45, 7) is 8.24. The second kappa shape index (κ2) is 10.5. The van der Waals surface area contributed by atoms with Crippen molar-refractivity contribution in [3.63, 3.8) is 0 Å². The Labute approximate surface area is 159 Å². The minimum atomic E-state index is -0.360. The van der Waals surface area contributed by atoms with Crippen LogP contribution in [0, 0.1) is 5.82 Å². The topological polar surface area (TPSA) is 75.8 Å². The van der Waals surface area contributed by atoms with Crippen molar-refractivity contribution >= 4 is 5.96 Å². The van der Waals surface area contributed by atoms with Crippen molar-refractivity contribution in [2.24, 2.45) is 4.99 Å². The molecule has 0 spiro atoms. The average Bonchev–Trinajstić information content (AvgIpc) is 3.12. The quantitative estimate of drug-likeness (QED) is 0.535. The molecule has 0 saturated heterocycles. The third kappa shape index (κ3) is 6.54. The maximum Gasteiger partial charge on any atom is 0.228 e. The van der Waals surface area contributed by atoms with Crippen LogP contribution in [-0.2, 0) is 6.42 Å². The van der Waals surface area contributed by atoms with Crippen molar-refractivity contribution < 1.29 is 13.7 Å². The molecule has 7 nitrogen and oxygen atoms in total. The smallest absolute Gasteiger partial charge is 0.228 e. The van der Waals surface area contributed by atoms with Crippen molar-refractivity contribution in [3.8, 4) is 5.75 Å². The average molecular weight is 377 g/mol. The van der Waals surface area contributed by atoms with E-state index >= 15 is 0 Å². The fourth-order valence-electron chi connectivity index (χ4n) is 2.29. The van der Waals surface area contributed by atoms with Gasteiger partial charge in [-0.1, -0.05) is 31.1 Å². The summed E-state index contributed by atoms with van der Waals surface area (Å²) in [5.74, 6) is 2.18. The van der Waals surface area contributed by atoms with Crippen molar-refractivity contribution in [1.29, 1.82) is 0 Å². The number of benzene rings is 1.